The van der Waals surface area contributed by atoms with Gasteiger partial charge in [-0.25, -0.2) is 0 Å². The van der Waals surface area contributed by atoms with E-state index < -0.39 is 0 Å². The van der Waals surface area contributed by atoms with Crippen molar-refractivity contribution in [3.05, 3.63) is 71.8 Å². The fourth-order valence-corrected chi connectivity index (χ4v) is 3.70. The van der Waals surface area contributed by atoms with Gasteiger partial charge in [-0.15, -0.1) is 0 Å². The van der Waals surface area contributed by atoms with Crippen LogP contribution in [0.4, 0.5) is 0 Å². The highest BCUT2D eigenvalue weighted by Crippen LogP contribution is 2.23. The number of aliphatic hydroxyl groups excluding tert-OH is 1. The van der Waals surface area contributed by atoms with Gasteiger partial charge >= 0.3 is 0 Å². The normalized spacial score (nSPS) is 14.7. The Labute approximate surface area is 160 Å². The van der Waals surface area contributed by atoms with Crippen LogP contribution >= 0.6 is 0 Å². The lowest BCUT2D eigenvalue weighted by atomic mass is 9.93. The third-order valence-corrected chi connectivity index (χ3v) is 5.59. The smallest absolute Gasteiger partial charge is 0.0540 e. The van der Waals surface area contributed by atoms with Gasteiger partial charge in [-0.2, -0.15) is 0 Å². The molecule has 0 bridgehead atoms. The summed E-state index contributed by atoms with van der Waals surface area (Å²) in [5.41, 5.74) is 2.86. The zero-order valence-electron chi connectivity index (χ0n) is 16.6. The van der Waals surface area contributed by atoms with E-state index in [-0.39, 0.29) is 6.10 Å². The van der Waals surface area contributed by atoms with Crippen LogP contribution in [0.2, 0.25) is 0 Å². The van der Waals surface area contributed by atoms with E-state index in [1.54, 1.807) is 0 Å². The fourth-order valence-electron chi connectivity index (χ4n) is 3.70. The van der Waals surface area contributed by atoms with Crippen LogP contribution in [0.15, 0.2) is 60.7 Å². The van der Waals surface area contributed by atoms with Crippen molar-refractivity contribution in [1.82, 2.24) is 0 Å². The summed E-state index contributed by atoms with van der Waals surface area (Å²) in [5, 5.41) is 10.2. The molecule has 0 fully saturated rings. The van der Waals surface area contributed by atoms with E-state index in [1.807, 2.05) is 0 Å². The summed E-state index contributed by atoms with van der Waals surface area (Å²) in [6.07, 6.45) is 8.91. The van der Waals surface area contributed by atoms with Crippen molar-refractivity contribution < 1.29 is 5.11 Å². The Morgan fingerprint density at radius 1 is 0.577 bits per heavy atom. The highest BCUT2D eigenvalue weighted by Gasteiger charge is 2.08. The van der Waals surface area contributed by atoms with E-state index in [2.05, 4.69) is 74.5 Å². The molecule has 1 nitrogen and oxygen atoms in total. The average Bonchev–Trinajstić information content (AvgIpc) is 2.69. The Morgan fingerprint density at radius 3 is 1.31 bits per heavy atom. The molecular weight excluding hydrogens is 316 g/mol. The maximum atomic E-state index is 10.2. The van der Waals surface area contributed by atoms with E-state index >= 15 is 0 Å². The second-order valence-electron chi connectivity index (χ2n) is 7.85. The maximum absolute atomic E-state index is 10.2. The van der Waals surface area contributed by atoms with Gasteiger partial charge in [-0.05, 0) is 48.6 Å². The molecule has 0 aliphatic heterocycles. The topological polar surface area (TPSA) is 20.2 Å². The molecule has 142 valence electrons. The second-order valence-corrected chi connectivity index (χ2v) is 7.85. The summed E-state index contributed by atoms with van der Waals surface area (Å²) in [4.78, 5) is 0. The van der Waals surface area contributed by atoms with Crippen LogP contribution in [0.1, 0.15) is 88.2 Å². The quantitative estimate of drug-likeness (QED) is 0.405. The zero-order chi connectivity index (χ0) is 18.6. The van der Waals surface area contributed by atoms with Crippen molar-refractivity contribution in [2.45, 2.75) is 83.2 Å². The van der Waals surface area contributed by atoms with E-state index in [0.29, 0.717) is 11.8 Å². The van der Waals surface area contributed by atoms with Gasteiger partial charge < -0.3 is 5.11 Å². The second kappa shape index (κ2) is 11.9. The van der Waals surface area contributed by atoms with Crippen molar-refractivity contribution in [2.24, 2.45) is 0 Å². The van der Waals surface area contributed by atoms with Crippen molar-refractivity contribution in [3.8, 4) is 0 Å². The Bertz CT molecular complexity index is 524. The van der Waals surface area contributed by atoms with E-state index in [1.165, 1.54) is 36.8 Å². The standard InChI is InChI=1S/C25H36O/c1-21(23-15-5-3-6-16-23)13-9-11-19-25(26)20-12-10-14-22(2)24-17-7-4-8-18-24/h3-8,15-18,21-22,25-26H,9-14,19-20H2,1-2H3. The Kier molecular flexibility index (Phi) is 9.48. The predicted octanol–water partition coefficient (Wildman–Crippen LogP) is 7.08. The van der Waals surface area contributed by atoms with Gasteiger partial charge in [0.25, 0.3) is 0 Å². The van der Waals surface area contributed by atoms with Crippen LogP contribution in [0, 0.1) is 0 Å². The summed E-state index contributed by atoms with van der Waals surface area (Å²) in [7, 11) is 0. The van der Waals surface area contributed by atoms with E-state index in [9.17, 15) is 5.11 Å². The van der Waals surface area contributed by atoms with Gasteiger partial charge in [0.05, 0.1) is 6.10 Å². The molecule has 0 aromatic heterocycles. The molecule has 2 aromatic carbocycles. The van der Waals surface area contributed by atoms with E-state index in [0.717, 1.165) is 25.7 Å². The molecule has 26 heavy (non-hydrogen) atoms. The fraction of sp³-hybridized carbons (Fsp3) is 0.520. The van der Waals surface area contributed by atoms with Crippen LogP contribution in [0.5, 0.6) is 0 Å². The first-order valence-corrected chi connectivity index (χ1v) is 10.4. The SMILES string of the molecule is CC(CCCCC(O)CCCCC(C)c1ccccc1)c1ccccc1. The van der Waals surface area contributed by atoms with Gasteiger partial charge in [-0.1, -0.05) is 100 Å². The monoisotopic (exact) mass is 352 g/mol. The van der Waals surface area contributed by atoms with Gasteiger partial charge in [-0.3, -0.25) is 0 Å². The molecule has 0 spiro atoms. The maximum Gasteiger partial charge on any atom is 0.0540 e. The van der Waals surface area contributed by atoms with Crippen LogP contribution in [-0.4, -0.2) is 11.2 Å². The molecule has 0 heterocycles. The third-order valence-electron chi connectivity index (χ3n) is 5.59. The molecule has 2 unspecified atom stereocenters. The number of benzene rings is 2. The molecule has 2 rings (SSSR count). The average molecular weight is 353 g/mol. The van der Waals surface area contributed by atoms with Gasteiger partial charge in [0.15, 0.2) is 0 Å². The molecule has 2 atom stereocenters. The largest absolute Gasteiger partial charge is 0.393 e. The number of rotatable bonds is 12. The summed E-state index contributed by atoms with van der Waals surface area (Å²) in [5.74, 6) is 1.24. The first-order valence-electron chi connectivity index (χ1n) is 10.4. The van der Waals surface area contributed by atoms with Crippen molar-refractivity contribution in [3.63, 3.8) is 0 Å². The summed E-state index contributed by atoms with van der Waals surface area (Å²) >= 11 is 0. The van der Waals surface area contributed by atoms with Crippen molar-refractivity contribution in [2.75, 3.05) is 0 Å². The van der Waals surface area contributed by atoms with Crippen LogP contribution in [0.25, 0.3) is 0 Å². The summed E-state index contributed by atoms with van der Waals surface area (Å²) in [6, 6.07) is 21.5. The minimum atomic E-state index is -0.117. The summed E-state index contributed by atoms with van der Waals surface area (Å²) in [6.45, 7) is 4.61. The Hall–Kier alpha value is -1.60. The molecule has 0 aliphatic carbocycles. The third kappa shape index (κ3) is 7.74. The molecule has 0 aliphatic rings. The number of aliphatic hydroxyl groups is 1. The zero-order valence-corrected chi connectivity index (χ0v) is 16.6. The number of unbranched alkanes of at least 4 members (excludes halogenated alkanes) is 2. The number of hydrogen-bond acceptors (Lipinski definition) is 1. The first kappa shape index (κ1) is 20.7. The molecule has 0 radical (unpaired) electrons. The van der Waals surface area contributed by atoms with E-state index in [4.69, 9.17) is 0 Å². The van der Waals surface area contributed by atoms with Crippen LogP contribution in [0.3, 0.4) is 0 Å². The predicted molar refractivity (Wildman–Crippen MR) is 113 cm³/mol. The molecular formula is C25H36O. The highest BCUT2D eigenvalue weighted by molar-refractivity contribution is 5.19. The van der Waals surface area contributed by atoms with Crippen LogP contribution in [-0.2, 0) is 0 Å². The molecule has 2 aromatic rings. The minimum Gasteiger partial charge on any atom is -0.393 e. The summed E-state index contributed by atoms with van der Waals surface area (Å²) < 4.78 is 0. The highest BCUT2D eigenvalue weighted by atomic mass is 16.3. The lowest BCUT2D eigenvalue weighted by Gasteiger charge is -2.14. The first-order chi connectivity index (χ1) is 12.7. The van der Waals surface area contributed by atoms with Crippen LogP contribution < -0.4 is 0 Å². The lowest BCUT2D eigenvalue weighted by Crippen LogP contribution is -2.06. The van der Waals surface area contributed by atoms with Gasteiger partial charge in [0, 0.05) is 0 Å². The molecule has 0 saturated carbocycles. The van der Waals surface area contributed by atoms with Crippen molar-refractivity contribution >= 4 is 0 Å². The molecule has 1 N–H and O–H groups in total. The van der Waals surface area contributed by atoms with Gasteiger partial charge in [0.2, 0.25) is 0 Å². The van der Waals surface area contributed by atoms with Gasteiger partial charge in [0.1, 0.15) is 0 Å². The molecule has 0 saturated heterocycles. The van der Waals surface area contributed by atoms with Crippen molar-refractivity contribution in [1.29, 1.82) is 0 Å². The minimum absolute atomic E-state index is 0.117. The number of hydrogen-bond donors (Lipinski definition) is 1. The Balaban J connectivity index is 1.50. The molecule has 0 amide bonds. The molecule has 1 heteroatoms. The lowest BCUT2D eigenvalue weighted by molar-refractivity contribution is 0.147. The Morgan fingerprint density at radius 2 is 0.923 bits per heavy atom.